The molecule has 0 radical (unpaired) electrons. The number of rotatable bonds is 4. The molecule has 0 fully saturated rings. The Kier molecular flexibility index (Phi) is 3.09. The van der Waals surface area contributed by atoms with E-state index in [2.05, 4.69) is 19.9 Å². The van der Waals surface area contributed by atoms with Crippen LogP contribution in [0.5, 0.6) is 0 Å². The van der Waals surface area contributed by atoms with E-state index in [0.29, 0.717) is 12.4 Å². The highest BCUT2D eigenvalue weighted by molar-refractivity contribution is 5.73. The van der Waals surface area contributed by atoms with Gasteiger partial charge in [-0.15, -0.1) is 0 Å². The first-order valence-electron chi connectivity index (χ1n) is 4.17. The number of aldehydes is 1. The smallest absolute Gasteiger partial charge is 0.184 e. The Morgan fingerprint density at radius 1 is 1.58 bits per heavy atom. The van der Waals surface area contributed by atoms with Crippen LogP contribution in [0.15, 0.2) is 23.0 Å². The molecule has 1 heterocycles. The Balaban J connectivity index is 2.33. The average molecular weight is 166 g/mol. The third-order valence-electron chi connectivity index (χ3n) is 1.86. The highest BCUT2D eigenvalue weighted by Crippen LogP contribution is 2.21. The number of hydrogen-bond acceptors (Lipinski definition) is 2. The van der Waals surface area contributed by atoms with Crippen molar-refractivity contribution < 1.29 is 9.53 Å². The van der Waals surface area contributed by atoms with E-state index in [1.54, 1.807) is 0 Å². The van der Waals surface area contributed by atoms with Gasteiger partial charge in [-0.1, -0.05) is 11.6 Å². The molecule has 0 aromatic heterocycles. The van der Waals surface area contributed by atoms with Gasteiger partial charge in [0.2, 0.25) is 0 Å². The molecule has 0 unspecified atom stereocenters. The zero-order chi connectivity index (χ0) is 8.97. The number of ether oxygens (including phenoxy) is 1. The SMILES string of the molecule is CC(C)=CCCC1=C(C=O)OC1. The molecule has 0 N–H and O–H groups in total. The lowest BCUT2D eigenvalue weighted by Gasteiger charge is -2.20. The molecule has 0 aromatic carbocycles. The summed E-state index contributed by atoms with van der Waals surface area (Å²) in [5, 5.41) is 0. The molecule has 0 saturated heterocycles. The van der Waals surface area contributed by atoms with Crippen molar-refractivity contribution in [3.05, 3.63) is 23.0 Å². The van der Waals surface area contributed by atoms with Crippen LogP contribution in [-0.4, -0.2) is 12.9 Å². The topological polar surface area (TPSA) is 26.3 Å². The van der Waals surface area contributed by atoms with Gasteiger partial charge in [-0.05, 0) is 26.7 Å². The number of allylic oxidation sites excluding steroid dienone is 3. The van der Waals surface area contributed by atoms with Crippen molar-refractivity contribution in [3.63, 3.8) is 0 Å². The Morgan fingerprint density at radius 3 is 2.75 bits per heavy atom. The van der Waals surface area contributed by atoms with Crippen molar-refractivity contribution in [3.8, 4) is 0 Å². The van der Waals surface area contributed by atoms with Crippen LogP contribution < -0.4 is 0 Å². The van der Waals surface area contributed by atoms with Gasteiger partial charge >= 0.3 is 0 Å². The maximum atomic E-state index is 10.3. The monoisotopic (exact) mass is 166 g/mol. The molecule has 0 saturated carbocycles. The Hall–Kier alpha value is -1.05. The minimum Gasteiger partial charge on any atom is -0.486 e. The maximum absolute atomic E-state index is 10.3. The fraction of sp³-hybridized carbons (Fsp3) is 0.500. The lowest BCUT2D eigenvalue weighted by molar-refractivity contribution is -0.109. The summed E-state index contributed by atoms with van der Waals surface area (Å²) >= 11 is 0. The maximum Gasteiger partial charge on any atom is 0.184 e. The summed E-state index contributed by atoms with van der Waals surface area (Å²) < 4.78 is 4.94. The van der Waals surface area contributed by atoms with Crippen molar-refractivity contribution in [1.82, 2.24) is 0 Å². The third-order valence-corrected chi connectivity index (χ3v) is 1.86. The summed E-state index contributed by atoms with van der Waals surface area (Å²) in [4.78, 5) is 10.3. The molecule has 0 atom stereocenters. The molecule has 12 heavy (non-hydrogen) atoms. The highest BCUT2D eigenvalue weighted by Gasteiger charge is 2.16. The predicted molar refractivity (Wildman–Crippen MR) is 47.7 cm³/mol. The first-order chi connectivity index (χ1) is 5.74. The first-order valence-corrected chi connectivity index (χ1v) is 4.17. The highest BCUT2D eigenvalue weighted by atomic mass is 16.5. The largest absolute Gasteiger partial charge is 0.486 e. The summed E-state index contributed by atoms with van der Waals surface area (Å²) in [5.41, 5.74) is 2.48. The molecule has 1 rings (SSSR count). The van der Waals surface area contributed by atoms with E-state index in [4.69, 9.17) is 4.74 Å². The molecule has 2 nitrogen and oxygen atoms in total. The van der Waals surface area contributed by atoms with Gasteiger partial charge < -0.3 is 4.74 Å². The van der Waals surface area contributed by atoms with Gasteiger partial charge in [0.1, 0.15) is 6.61 Å². The van der Waals surface area contributed by atoms with Crippen LogP contribution in [0.25, 0.3) is 0 Å². The molecule has 0 amide bonds. The summed E-state index contributed by atoms with van der Waals surface area (Å²) in [6.07, 6.45) is 4.94. The number of carbonyl (C=O) groups excluding carboxylic acids is 1. The van der Waals surface area contributed by atoms with E-state index in [0.717, 1.165) is 24.7 Å². The molecule has 0 spiro atoms. The van der Waals surface area contributed by atoms with Gasteiger partial charge in [-0.2, -0.15) is 0 Å². The lowest BCUT2D eigenvalue weighted by atomic mass is 10.1. The van der Waals surface area contributed by atoms with E-state index in [9.17, 15) is 4.79 Å². The Bertz CT molecular complexity index is 232. The van der Waals surface area contributed by atoms with Crippen LogP contribution in [0.1, 0.15) is 26.7 Å². The second kappa shape index (κ2) is 4.10. The summed E-state index contributed by atoms with van der Waals surface area (Å²) in [5.74, 6) is 0.553. The quantitative estimate of drug-likeness (QED) is 0.473. The van der Waals surface area contributed by atoms with Gasteiger partial charge in [0.25, 0.3) is 0 Å². The molecule has 2 heteroatoms. The fourth-order valence-corrected chi connectivity index (χ4v) is 1.11. The van der Waals surface area contributed by atoms with Crippen LogP contribution in [0.2, 0.25) is 0 Å². The van der Waals surface area contributed by atoms with E-state index in [1.807, 2.05) is 0 Å². The Morgan fingerprint density at radius 2 is 2.33 bits per heavy atom. The molecule has 1 aliphatic rings. The van der Waals surface area contributed by atoms with Gasteiger partial charge in [-0.3, -0.25) is 4.79 Å². The minimum atomic E-state index is 0.553. The zero-order valence-corrected chi connectivity index (χ0v) is 7.59. The van der Waals surface area contributed by atoms with E-state index >= 15 is 0 Å². The van der Waals surface area contributed by atoms with Crippen molar-refractivity contribution in [1.29, 1.82) is 0 Å². The van der Waals surface area contributed by atoms with E-state index < -0.39 is 0 Å². The van der Waals surface area contributed by atoms with Crippen LogP contribution in [0, 0.1) is 0 Å². The second-order valence-corrected chi connectivity index (χ2v) is 3.19. The third kappa shape index (κ3) is 2.22. The first kappa shape index (κ1) is 9.04. The van der Waals surface area contributed by atoms with Crippen LogP contribution >= 0.6 is 0 Å². The predicted octanol–water partition coefficient (Wildman–Crippen LogP) is 2.22. The summed E-state index contributed by atoms with van der Waals surface area (Å²) in [6.45, 7) is 4.79. The second-order valence-electron chi connectivity index (χ2n) is 3.19. The molecular formula is C10H14O2. The molecule has 0 aromatic rings. The molecule has 1 aliphatic heterocycles. The van der Waals surface area contributed by atoms with Crippen molar-refractivity contribution >= 4 is 6.29 Å². The number of hydrogen-bond donors (Lipinski definition) is 0. The molecule has 66 valence electrons. The van der Waals surface area contributed by atoms with Gasteiger partial charge in [0.15, 0.2) is 12.0 Å². The standard InChI is InChI=1S/C10H14O2/c1-8(2)4-3-5-9-7-12-10(9)6-11/h4,6H,3,5,7H2,1-2H3. The van der Waals surface area contributed by atoms with Crippen molar-refractivity contribution in [2.75, 3.05) is 6.61 Å². The van der Waals surface area contributed by atoms with Crippen LogP contribution in [0.4, 0.5) is 0 Å². The average Bonchev–Trinajstić information content (AvgIpc) is 1.96. The van der Waals surface area contributed by atoms with Crippen LogP contribution in [-0.2, 0) is 9.53 Å². The molecule has 0 aliphatic carbocycles. The fourth-order valence-electron chi connectivity index (χ4n) is 1.11. The van der Waals surface area contributed by atoms with E-state index in [1.165, 1.54) is 5.57 Å². The van der Waals surface area contributed by atoms with Crippen molar-refractivity contribution in [2.24, 2.45) is 0 Å². The molecule has 0 bridgehead atoms. The zero-order valence-electron chi connectivity index (χ0n) is 7.59. The van der Waals surface area contributed by atoms with Gasteiger partial charge in [0, 0.05) is 5.57 Å². The lowest BCUT2D eigenvalue weighted by Crippen LogP contribution is -2.14. The number of carbonyl (C=O) groups is 1. The molecular weight excluding hydrogens is 152 g/mol. The Labute approximate surface area is 72.9 Å². The summed E-state index contributed by atoms with van der Waals surface area (Å²) in [6, 6.07) is 0. The van der Waals surface area contributed by atoms with E-state index in [-0.39, 0.29) is 0 Å². The van der Waals surface area contributed by atoms with Gasteiger partial charge in [-0.25, -0.2) is 0 Å². The van der Waals surface area contributed by atoms with Crippen molar-refractivity contribution in [2.45, 2.75) is 26.7 Å². The minimum absolute atomic E-state index is 0.553. The van der Waals surface area contributed by atoms with Crippen LogP contribution in [0.3, 0.4) is 0 Å². The summed E-state index contributed by atoms with van der Waals surface area (Å²) in [7, 11) is 0. The van der Waals surface area contributed by atoms with Gasteiger partial charge in [0.05, 0.1) is 0 Å². The normalized spacial score (nSPS) is 14.8.